The number of alkyl halides is 3. The minimum atomic E-state index is -4.54. The highest BCUT2D eigenvalue weighted by atomic mass is 19.4. The zero-order valence-corrected chi connectivity index (χ0v) is 15.9. The molecule has 0 radical (unpaired) electrons. The highest BCUT2D eigenvalue weighted by molar-refractivity contribution is 6.00. The first-order valence-electron chi connectivity index (χ1n) is 9.81. The van der Waals surface area contributed by atoms with Crippen molar-refractivity contribution in [3.63, 3.8) is 0 Å². The molecule has 2 aliphatic heterocycles. The van der Waals surface area contributed by atoms with E-state index in [9.17, 15) is 18.3 Å². The van der Waals surface area contributed by atoms with Crippen LogP contribution in [0.2, 0.25) is 0 Å². The summed E-state index contributed by atoms with van der Waals surface area (Å²) in [6.07, 6.45) is 3.14. The molecule has 2 aliphatic rings. The van der Waals surface area contributed by atoms with E-state index in [2.05, 4.69) is 20.5 Å². The number of phenols is 1. The summed E-state index contributed by atoms with van der Waals surface area (Å²) in [6, 6.07) is 4.77. The van der Waals surface area contributed by atoms with Gasteiger partial charge in [-0.2, -0.15) is 13.2 Å². The minimum absolute atomic E-state index is 0.183. The quantitative estimate of drug-likeness (QED) is 0.653. The average molecular weight is 416 g/mol. The molecule has 30 heavy (non-hydrogen) atoms. The van der Waals surface area contributed by atoms with E-state index in [1.54, 1.807) is 18.5 Å². The number of benzene rings is 1. The van der Waals surface area contributed by atoms with E-state index in [1.165, 1.54) is 6.07 Å². The van der Waals surface area contributed by atoms with Crippen LogP contribution in [0.4, 0.5) is 19.0 Å². The number of nitrogens with one attached hydrogen (secondary N) is 1. The summed E-state index contributed by atoms with van der Waals surface area (Å²) in [4.78, 5) is 4.17. The zero-order valence-electron chi connectivity index (χ0n) is 15.9. The molecule has 3 aromatic rings. The third kappa shape index (κ3) is 3.43. The number of nitrogens with zero attached hydrogens (tertiary/aromatic N) is 3. The Labute approximate surface area is 170 Å². The number of phenolic OH excluding ortho intramolecular Hbond substituents is 1. The van der Waals surface area contributed by atoms with Crippen molar-refractivity contribution in [1.29, 1.82) is 0 Å². The van der Waals surface area contributed by atoms with Crippen LogP contribution in [0.3, 0.4) is 0 Å². The van der Waals surface area contributed by atoms with E-state index in [1.807, 2.05) is 0 Å². The van der Waals surface area contributed by atoms with Crippen LogP contribution in [0.25, 0.3) is 22.0 Å². The SMILES string of the molecule is Oc1cc(C(F)(F)F)ccc1-c1nnc(NC2CC3CC[C@H](C2)O3)c2cnccc12. The molecule has 2 bridgehead atoms. The maximum atomic E-state index is 12.9. The van der Waals surface area contributed by atoms with Crippen molar-refractivity contribution in [3.05, 3.63) is 42.2 Å². The lowest BCUT2D eigenvalue weighted by molar-refractivity contribution is -0.137. The van der Waals surface area contributed by atoms with Crippen molar-refractivity contribution < 1.29 is 23.0 Å². The number of aromatic nitrogens is 3. The second-order valence-corrected chi connectivity index (χ2v) is 7.82. The monoisotopic (exact) mass is 416 g/mol. The smallest absolute Gasteiger partial charge is 0.416 e. The van der Waals surface area contributed by atoms with Crippen molar-refractivity contribution in [2.75, 3.05) is 5.32 Å². The van der Waals surface area contributed by atoms with Gasteiger partial charge in [-0.25, -0.2) is 0 Å². The van der Waals surface area contributed by atoms with E-state index in [4.69, 9.17) is 4.74 Å². The van der Waals surface area contributed by atoms with Crippen LogP contribution in [0, 0.1) is 0 Å². The van der Waals surface area contributed by atoms with Gasteiger partial charge in [0.1, 0.15) is 11.4 Å². The number of hydrogen-bond acceptors (Lipinski definition) is 6. The maximum absolute atomic E-state index is 12.9. The third-order valence-corrected chi connectivity index (χ3v) is 5.79. The van der Waals surface area contributed by atoms with E-state index in [0.717, 1.165) is 31.7 Å². The van der Waals surface area contributed by atoms with E-state index in [-0.39, 0.29) is 23.8 Å². The van der Waals surface area contributed by atoms with Crippen LogP contribution in [0.15, 0.2) is 36.7 Å². The Morgan fingerprint density at radius 1 is 1.03 bits per heavy atom. The lowest BCUT2D eigenvalue weighted by Gasteiger charge is -2.29. The molecule has 6 nitrogen and oxygen atoms in total. The number of aromatic hydroxyl groups is 1. The molecule has 1 aromatic carbocycles. The molecular formula is C21H19F3N4O2. The maximum Gasteiger partial charge on any atom is 0.416 e. The van der Waals surface area contributed by atoms with Crippen LogP contribution in [0.5, 0.6) is 5.75 Å². The second-order valence-electron chi connectivity index (χ2n) is 7.82. The van der Waals surface area contributed by atoms with Crippen molar-refractivity contribution in [1.82, 2.24) is 15.2 Å². The van der Waals surface area contributed by atoms with Gasteiger partial charge in [0.15, 0.2) is 5.82 Å². The van der Waals surface area contributed by atoms with Crippen LogP contribution < -0.4 is 5.32 Å². The highest BCUT2D eigenvalue weighted by Gasteiger charge is 2.35. The Hall–Kier alpha value is -2.94. The van der Waals surface area contributed by atoms with Gasteiger partial charge < -0.3 is 15.2 Å². The van der Waals surface area contributed by atoms with Crippen LogP contribution in [-0.2, 0) is 10.9 Å². The molecule has 0 saturated carbocycles. The van der Waals surface area contributed by atoms with Gasteiger partial charge in [-0.3, -0.25) is 4.98 Å². The van der Waals surface area contributed by atoms with E-state index >= 15 is 0 Å². The van der Waals surface area contributed by atoms with E-state index in [0.29, 0.717) is 28.4 Å². The first-order valence-corrected chi connectivity index (χ1v) is 9.81. The lowest BCUT2D eigenvalue weighted by Crippen LogP contribution is -2.34. The summed E-state index contributed by atoms with van der Waals surface area (Å²) in [7, 11) is 0. The van der Waals surface area contributed by atoms with Gasteiger partial charge >= 0.3 is 6.18 Å². The lowest BCUT2D eigenvalue weighted by atomic mass is 10.0. The van der Waals surface area contributed by atoms with Gasteiger partial charge in [-0.05, 0) is 49.9 Å². The summed E-state index contributed by atoms with van der Waals surface area (Å²) < 4.78 is 44.7. The van der Waals surface area contributed by atoms with Gasteiger partial charge in [0.05, 0.1) is 17.8 Å². The number of anilines is 1. The molecule has 156 valence electrons. The molecule has 5 rings (SSSR count). The summed E-state index contributed by atoms with van der Waals surface area (Å²) in [5.41, 5.74) is -0.436. The number of halogens is 3. The summed E-state index contributed by atoms with van der Waals surface area (Å²) in [5.74, 6) is 0.0681. The van der Waals surface area contributed by atoms with Crippen LogP contribution >= 0.6 is 0 Å². The Morgan fingerprint density at radius 3 is 2.50 bits per heavy atom. The number of rotatable bonds is 3. The molecule has 0 aliphatic carbocycles. The highest BCUT2D eigenvalue weighted by Crippen LogP contribution is 2.39. The molecule has 0 spiro atoms. The second kappa shape index (κ2) is 7.09. The Balaban J connectivity index is 1.52. The standard InChI is InChI=1S/C21H19F3N4O2/c22-21(23,24)11-1-4-16(18(29)7-11)19-15-5-6-25-10-17(15)20(28-27-19)26-12-8-13-2-3-14(9-12)30-13/h1,4-7,10,12-14,29H,2-3,8-9H2,(H,26,28)/t12?,13-,14?/m1/s1. The molecular weight excluding hydrogens is 397 g/mol. The van der Waals surface area contributed by atoms with E-state index < -0.39 is 17.5 Å². The number of fused-ring (bicyclic) bond motifs is 3. The minimum Gasteiger partial charge on any atom is -0.507 e. The van der Waals surface area contributed by atoms with Crippen molar-refractivity contribution in [2.24, 2.45) is 0 Å². The summed E-state index contributed by atoms with van der Waals surface area (Å²) in [5, 5.41) is 23.6. The van der Waals surface area contributed by atoms with Crippen molar-refractivity contribution in [2.45, 2.75) is 50.1 Å². The van der Waals surface area contributed by atoms with Crippen LogP contribution in [0.1, 0.15) is 31.2 Å². The number of pyridine rings is 1. The van der Waals surface area contributed by atoms with Crippen LogP contribution in [-0.4, -0.2) is 38.5 Å². The molecule has 2 saturated heterocycles. The molecule has 4 heterocycles. The molecule has 0 amide bonds. The molecule has 2 N–H and O–H groups in total. The number of hydrogen-bond donors (Lipinski definition) is 2. The summed E-state index contributed by atoms with van der Waals surface area (Å²) in [6.45, 7) is 0. The number of ether oxygens (including phenoxy) is 1. The Bertz CT molecular complexity index is 1090. The van der Waals surface area contributed by atoms with Gasteiger partial charge in [0, 0.05) is 34.8 Å². The molecule has 2 aromatic heterocycles. The van der Waals surface area contributed by atoms with Gasteiger partial charge in [-0.15, -0.1) is 10.2 Å². The third-order valence-electron chi connectivity index (χ3n) is 5.79. The predicted molar refractivity (Wildman–Crippen MR) is 104 cm³/mol. The fourth-order valence-corrected chi connectivity index (χ4v) is 4.38. The first-order chi connectivity index (χ1) is 14.4. The molecule has 2 unspecified atom stereocenters. The predicted octanol–water partition coefficient (Wildman–Crippen LogP) is 4.54. The largest absolute Gasteiger partial charge is 0.507 e. The molecule has 2 fully saturated rings. The average Bonchev–Trinajstić information content (AvgIpc) is 3.06. The van der Waals surface area contributed by atoms with Gasteiger partial charge in [0.25, 0.3) is 0 Å². The van der Waals surface area contributed by atoms with Crippen molar-refractivity contribution in [3.8, 4) is 17.0 Å². The van der Waals surface area contributed by atoms with Gasteiger partial charge in [-0.1, -0.05) is 0 Å². The fourth-order valence-electron chi connectivity index (χ4n) is 4.38. The Morgan fingerprint density at radius 2 is 1.80 bits per heavy atom. The normalized spacial score (nSPS) is 23.6. The fraction of sp³-hybridized carbons (Fsp3) is 0.381. The topological polar surface area (TPSA) is 80.2 Å². The summed E-state index contributed by atoms with van der Waals surface area (Å²) >= 11 is 0. The Kier molecular flexibility index (Phi) is 4.50. The molecule has 3 atom stereocenters. The first kappa shape index (κ1) is 19.0. The van der Waals surface area contributed by atoms with Gasteiger partial charge in [0.2, 0.25) is 0 Å². The zero-order chi connectivity index (χ0) is 20.9. The van der Waals surface area contributed by atoms with Crippen molar-refractivity contribution >= 4 is 16.6 Å². The molecule has 9 heteroatoms.